The SMILES string of the molecule is COc1ccccc1-c1csc2nc(C(C)(C)C)c(C=O)n12. The number of rotatable bonds is 3. The summed E-state index contributed by atoms with van der Waals surface area (Å²) in [5.41, 5.74) is 3.15. The third-order valence-electron chi connectivity index (χ3n) is 3.60. The first kappa shape index (κ1) is 14.8. The molecule has 1 aromatic carbocycles. The predicted molar refractivity (Wildman–Crippen MR) is 89.1 cm³/mol. The van der Waals surface area contributed by atoms with Crippen molar-refractivity contribution in [1.82, 2.24) is 9.38 Å². The number of hydrogen-bond donors (Lipinski definition) is 0. The quantitative estimate of drug-likeness (QED) is 0.681. The lowest BCUT2D eigenvalue weighted by Gasteiger charge is -2.16. The molecular formula is C17H18N2O2S. The Labute approximate surface area is 133 Å². The molecule has 0 N–H and O–H groups in total. The van der Waals surface area contributed by atoms with Crippen molar-refractivity contribution in [2.75, 3.05) is 7.11 Å². The van der Waals surface area contributed by atoms with Gasteiger partial charge in [-0.2, -0.15) is 0 Å². The average molecular weight is 314 g/mol. The fraction of sp³-hybridized carbons (Fsp3) is 0.294. The Morgan fingerprint density at radius 2 is 2.00 bits per heavy atom. The van der Waals surface area contributed by atoms with Gasteiger partial charge in [0.25, 0.3) is 0 Å². The lowest BCUT2D eigenvalue weighted by Crippen LogP contribution is -2.14. The number of aldehydes is 1. The van der Waals surface area contributed by atoms with Crippen molar-refractivity contribution in [3.8, 4) is 17.0 Å². The van der Waals surface area contributed by atoms with E-state index in [-0.39, 0.29) is 5.41 Å². The second-order valence-corrected chi connectivity index (χ2v) is 6.99. The van der Waals surface area contributed by atoms with Crippen LogP contribution in [0.15, 0.2) is 29.6 Å². The van der Waals surface area contributed by atoms with Gasteiger partial charge in [0.05, 0.1) is 18.5 Å². The molecule has 0 aliphatic rings. The highest BCUT2D eigenvalue weighted by atomic mass is 32.1. The second kappa shape index (κ2) is 5.25. The van der Waals surface area contributed by atoms with Gasteiger partial charge in [-0.1, -0.05) is 32.9 Å². The minimum Gasteiger partial charge on any atom is -0.496 e. The van der Waals surface area contributed by atoms with E-state index in [2.05, 4.69) is 25.8 Å². The van der Waals surface area contributed by atoms with E-state index < -0.39 is 0 Å². The first-order chi connectivity index (χ1) is 10.5. The molecule has 5 heteroatoms. The van der Waals surface area contributed by atoms with Crippen LogP contribution in [-0.2, 0) is 5.41 Å². The summed E-state index contributed by atoms with van der Waals surface area (Å²) in [6.07, 6.45) is 0.895. The number of methoxy groups -OCH3 is 1. The summed E-state index contributed by atoms with van der Waals surface area (Å²) >= 11 is 1.53. The molecule has 4 nitrogen and oxygen atoms in total. The molecular weight excluding hydrogens is 296 g/mol. The van der Waals surface area contributed by atoms with Gasteiger partial charge in [0, 0.05) is 16.4 Å². The lowest BCUT2D eigenvalue weighted by atomic mass is 9.91. The standard InChI is InChI=1S/C17H18N2O2S/c1-17(2,3)15-12(9-20)19-13(10-22-16(19)18-15)11-7-5-6-8-14(11)21-4/h5-10H,1-4H3. The number of ether oxygens (including phenoxy) is 1. The Hall–Kier alpha value is -2.14. The number of thiazole rings is 1. The highest BCUT2D eigenvalue weighted by Gasteiger charge is 2.26. The van der Waals surface area contributed by atoms with Crippen molar-refractivity contribution < 1.29 is 9.53 Å². The Balaban J connectivity index is 2.33. The molecule has 3 rings (SSSR count). The molecule has 0 radical (unpaired) electrons. The molecule has 0 spiro atoms. The summed E-state index contributed by atoms with van der Waals surface area (Å²) in [5, 5.41) is 2.01. The minimum atomic E-state index is -0.181. The van der Waals surface area contributed by atoms with Crippen LogP contribution in [0, 0.1) is 0 Å². The maximum Gasteiger partial charge on any atom is 0.195 e. The monoisotopic (exact) mass is 314 g/mol. The Morgan fingerprint density at radius 3 is 2.64 bits per heavy atom. The van der Waals surface area contributed by atoms with E-state index in [0.717, 1.165) is 33.9 Å². The van der Waals surface area contributed by atoms with Crippen molar-refractivity contribution >= 4 is 22.6 Å². The van der Waals surface area contributed by atoms with E-state index >= 15 is 0 Å². The molecule has 0 saturated carbocycles. The number of aromatic nitrogens is 2. The van der Waals surface area contributed by atoms with Crippen molar-refractivity contribution in [2.45, 2.75) is 26.2 Å². The number of carbonyl (C=O) groups is 1. The van der Waals surface area contributed by atoms with Gasteiger partial charge in [-0.3, -0.25) is 9.20 Å². The molecule has 3 aromatic rings. The van der Waals surface area contributed by atoms with Crippen molar-refractivity contribution in [3.05, 3.63) is 41.0 Å². The molecule has 0 unspecified atom stereocenters. The maximum absolute atomic E-state index is 11.7. The highest BCUT2D eigenvalue weighted by molar-refractivity contribution is 7.15. The largest absolute Gasteiger partial charge is 0.496 e. The average Bonchev–Trinajstić information content (AvgIpc) is 3.05. The molecule has 0 saturated heterocycles. The maximum atomic E-state index is 11.7. The van der Waals surface area contributed by atoms with Gasteiger partial charge in [-0.15, -0.1) is 11.3 Å². The molecule has 22 heavy (non-hydrogen) atoms. The zero-order valence-corrected chi connectivity index (χ0v) is 13.9. The summed E-state index contributed by atoms with van der Waals surface area (Å²) in [4.78, 5) is 17.2. The first-order valence-electron chi connectivity index (χ1n) is 7.06. The molecule has 114 valence electrons. The van der Waals surface area contributed by atoms with E-state index in [4.69, 9.17) is 4.74 Å². The minimum absolute atomic E-state index is 0.181. The van der Waals surface area contributed by atoms with E-state index in [0.29, 0.717) is 5.69 Å². The van der Waals surface area contributed by atoms with E-state index in [1.54, 1.807) is 7.11 Å². The normalized spacial score (nSPS) is 11.8. The van der Waals surface area contributed by atoms with Gasteiger partial charge >= 0.3 is 0 Å². The first-order valence-corrected chi connectivity index (χ1v) is 7.94. The lowest BCUT2D eigenvalue weighted by molar-refractivity contribution is 0.111. The molecule has 2 aromatic heterocycles. The third-order valence-corrected chi connectivity index (χ3v) is 4.43. The number of hydrogen-bond acceptors (Lipinski definition) is 4. The van der Waals surface area contributed by atoms with Gasteiger partial charge in [-0.05, 0) is 12.1 Å². The Bertz CT molecular complexity index is 840. The third kappa shape index (κ3) is 2.22. The zero-order chi connectivity index (χ0) is 15.9. The molecule has 0 bridgehead atoms. The molecule has 0 amide bonds. The van der Waals surface area contributed by atoms with Crippen molar-refractivity contribution in [1.29, 1.82) is 0 Å². The van der Waals surface area contributed by atoms with Crippen LogP contribution in [-0.4, -0.2) is 22.8 Å². The number of benzene rings is 1. The van der Waals surface area contributed by atoms with Crippen LogP contribution in [0.1, 0.15) is 37.0 Å². The Kier molecular flexibility index (Phi) is 3.53. The number of para-hydroxylation sites is 1. The summed E-state index contributed by atoms with van der Waals surface area (Å²) in [6.45, 7) is 6.19. The number of nitrogens with zero attached hydrogens (tertiary/aromatic N) is 2. The Morgan fingerprint density at radius 1 is 1.27 bits per heavy atom. The van der Waals surface area contributed by atoms with Crippen LogP contribution in [0.4, 0.5) is 0 Å². The van der Waals surface area contributed by atoms with Crippen LogP contribution in [0.5, 0.6) is 5.75 Å². The smallest absolute Gasteiger partial charge is 0.195 e. The van der Waals surface area contributed by atoms with Crippen molar-refractivity contribution in [3.63, 3.8) is 0 Å². The van der Waals surface area contributed by atoms with Gasteiger partial charge in [0.15, 0.2) is 11.2 Å². The van der Waals surface area contributed by atoms with E-state index in [1.165, 1.54) is 11.3 Å². The van der Waals surface area contributed by atoms with E-state index in [9.17, 15) is 4.79 Å². The topological polar surface area (TPSA) is 43.6 Å². The predicted octanol–water partition coefficient (Wildman–Crippen LogP) is 4.18. The molecule has 2 heterocycles. The van der Waals surface area contributed by atoms with Crippen LogP contribution in [0.2, 0.25) is 0 Å². The number of imidazole rings is 1. The van der Waals surface area contributed by atoms with Gasteiger partial charge < -0.3 is 4.74 Å². The van der Waals surface area contributed by atoms with Crippen LogP contribution < -0.4 is 4.74 Å². The van der Waals surface area contributed by atoms with E-state index in [1.807, 2.05) is 34.0 Å². The number of carbonyl (C=O) groups excluding carboxylic acids is 1. The van der Waals surface area contributed by atoms with Crippen LogP contribution in [0.3, 0.4) is 0 Å². The molecule has 0 aliphatic heterocycles. The van der Waals surface area contributed by atoms with Gasteiger partial charge in [-0.25, -0.2) is 4.98 Å². The second-order valence-electron chi connectivity index (χ2n) is 6.15. The summed E-state index contributed by atoms with van der Waals surface area (Å²) in [5.74, 6) is 0.782. The number of fused-ring (bicyclic) bond motifs is 1. The fourth-order valence-corrected chi connectivity index (χ4v) is 3.48. The van der Waals surface area contributed by atoms with Gasteiger partial charge in [0.2, 0.25) is 0 Å². The summed E-state index contributed by atoms with van der Waals surface area (Å²) < 4.78 is 7.37. The van der Waals surface area contributed by atoms with Crippen LogP contribution in [0.25, 0.3) is 16.2 Å². The molecule has 0 fully saturated rings. The fourth-order valence-electron chi connectivity index (χ4n) is 2.59. The molecule has 0 atom stereocenters. The van der Waals surface area contributed by atoms with Gasteiger partial charge in [0.1, 0.15) is 11.4 Å². The summed E-state index contributed by atoms with van der Waals surface area (Å²) in [7, 11) is 1.65. The summed E-state index contributed by atoms with van der Waals surface area (Å²) in [6, 6.07) is 7.80. The zero-order valence-electron chi connectivity index (χ0n) is 13.1. The van der Waals surface area contributed by atoms with Crippen LogP contribution >= 0.6 is 11.3 Å². The highest BCUT2D eigenvalue weighted by Crippen LogP contribution is 2.36. The molecule has 0 aliphatic carbocycles. The van der Waals surface area contributed by atoms with Crippen molar-refractivity contribution in [2.24, 2.45) is 0 Å².